The number of nitrogens with one attached hydrogen (secondary N) is 3. The highest BCUT2D eigenvalue weighted by Crippen LogP contribution is 2.42. The van der Waals surface area contributed by atoms with Gasteiger partial charge in [-0.1, -0.05) is 30.7 Å². The van der Waals surface area contributed by atoms with Gasteiger partial charge in [0.1, 0.15) is 30.4 Å². The number of nitrogens with zero attached hydrogens (tertiary/aromatic N) is 7. The summed E-state index contributed by atoms with van der Waals surface area (Å²) < 4.78 is 12.6. The lowest BCUT2D eigenvalue weighted by atomic mass is 9.68. The average molecular weight is 904 g/mol. The average Bonchev–Trinajstić information content (AvgIpc) is 3.56. The number of carboxylic acids is 1. The van der Waals surface area contributed by atoms with Crippen molar-refractivity contribution in [3.63, 3.8) is 0 Å². The summed E-state index contributed by atoms with van der Waals surface area (Å²) in [6.07, 6.45) is 7.12. The van der Waals surface area contributed by atoms with Gasteiger partial charge in [-0.2, -0.15) is 0 Å². The van der Waals surface area contributed by atoms with E-state index in [1.807, 2.05) is 62.8 Å². The van der Waals surface area contributed by atoms with Crippen LogP contribution < -0.4 is 41.0 Å². The molecule has 2 aromatic heterocycles. The highest BCUT2D eigenvalue weighted by atomic mass is 16.5. The normalized spacial score (nSPS) is 20.6. The molecule has 1 aliphatic carbocycles. The largest absolute Gasteiger partial charge is 0.488 e. The van der Waals surface area contributed by atoms with Crippen LogP contribution in [0.3, 0.4) is 0 Å². The van der Waals surface area contributed by atoms with E-state index in [-0.39, 0.29) is 37.4 Å². The summed E-state index contributed by atoms with van der Waals surface area (Å²) in [5.41, 5.74) is 9.94. The van der Waals surface area contributed by atoms with Crippen molar-refractivity contribution < 1.29 is 29.0 Å². The number of carbonyl (C=O) groups excluding carboxylic acids is 2. The first-order valence-corrected chi connectivity index (χ1v) is 23.5. The van der Waals surface area contributed by atoms with Crippen LogP contribution >= 0.6 is 0 Å². The maximum absolute atomic E-state index is 13.5. The molecule has 3 aliphatic heterocycles. The Morgan fingerprint density at radius 3 is 2.48 bits per heavy atom. The highest BCUT2D eigenvalue weighted by molar-refractivity contribution is 6.05. The number of rotatable bonds is 20. The minimum atomic E-state index is -1.46. The van der Waals surface area contributed by atoms with E-state index < -0.39 is 23.3 Å². The first-order chi connectivity index (χ1) is 32.0. The second-order valence-corrected chi connectivity index (χ2v) is 18.5. The van der Waals surface area contributed by atoms with Crippen LogP contribution in [-0.4, -0.2) is 139 Å². The molecule has 0 radical (unpaired) electrons. The van der Waals surface area contributed by atoms with Gasteiger partial charge in [-0.3, -0.25) is 19.3 Å². The Kier molecular flexibility index (Phi) is 14.8. The first kappa shape index (κ1) is 46.5. The molecule has 3 saturated heterocycles. The minimum Gasteiger partial charge on any atom is -0.488 e. The van der Waals surface area contributed by atoms with E-state index >= 15 is 0 Å². The van der Waals surface area contributed by atoms with E-state index in [0.717, 1.165) is 87.6 Å². The molecule has 6 N–H and O–H groups in total. The molecule has 2 unspecified atom stereocenters. The van der Waals surface area contributed by atoms with Crippen molar-refractivity contribution in [2.24, 2.45) is 5.41 Å². The molecule has 66 heavy (non-hydrogen) atoms. The van der Waals surface area contributed by atoms with Crippen LogP contribution in [0.4, 0.5) is 22.9 Å². The van der Waals surface area contributed by atoms with Gasteiger partial charge < -0.3 is 51.0 Å². The lowest BCUT2D eigenvalue weighted by Crippen LogP contribution is -2.55. The monoisotopic (exact) mass is 904 g/mol. The van der Waals surface area contributed by atoms with Crippen LogP contribution in [0.1, 0.15) is 63.9 Å². The molecule has 5 heterocycles. The van der Waals surface area contributed by atoms with Gasteiger partial charge in [0.15, 0.2) is 5.82 Å². The summed E-state index contributed by atoms with van der Waals surface area (Å²) in [7, 11) is 3.96. The van der Waals surface area contributed by atoms with Crippen LogP contribution in [0, 0.1) is 5.41 Å². The van der Waals surface area contributed by atoms with Crippen molar-refractivity contribution in [2.75, 3.05) is 87.4 Å². The molecule has 2 bridgehead atoms. The van der Waals surface area contributed by atoms with Gasteiger partial charge in [-0.05, 0) is 114 Å². The number of unbranched alkanes of at least 4 members (excludes halogenated alkanes) is 1. The van der Waals surface area contributed by atoms with Crippen molar-refractivity contribution in [1.82, 2.24) is 35.6 Å². The fourth-order valence-corrected chi connectivity index (χ4v) is 9.71. The van der Waals surface area contributed by atoms with Crippen molar-refractivity contribution in [3.8, 4) is 22.9 Å². The molecule has 4 aliphatic rings. The molecule has 4 atom stereocenters. The molecular weight excluding hydrogens is 839 g/mol. The lowest BCUT2D eigenvalue weighted by Gasteiger charge is -2.43. The number of para-hydroxylation sites is 1. The molecule has 8 rings (SSSR count). The number of ether oxygens (including phenoxy) is 2. The summed E-state index contributed by atoms with van der Waals surface area (Å²) in [5.74, 6) is -0.443. The van der Waals surface area contributed by atoms with Gasteiger partial charge in [-0.15, -0.1) is 10.2 Å². The number of aromatic nitrogens is 3. The molecule has 17 nitrogen and oxygen atoms in total. The predicted octanol–water partition coefficient (Wildman–Crippen LogP) is 4.64. The number of fused-ring (bicyclic) bond motifs is 2. The predicted molar refractivity (Wildman–Crippen MR) is 255 cm³/mol. The number of aliphatic carboxylic acids is 1. The Morgan fingerprint density at radius 2 is 1.77 bits per heavy atom. The van der Waals surface area contributed by atoms with E-state index in [2.05, 4.69) is 69.8 Å². The number of nitrogens with two attached hydrogens (primary N) is 1. The SMILES string of the molecule is C[C@@H]1CNCCN1CCOc1cc(N2C3CCC2CN(c2cc(-c4ccccc4OCc4ccc(NC(=O)[C@H](CCCCN(C)C)NC(=O)C5(C(=O)O)CCC5)cc4)nnc2N)C3)ccn1. The fourth-order valence-electron chi connectivity index (χ4n) is 9.71. The molecule has 2 aromatic carbocycles. The summed E-state index contributed by atoms with van der Waals surface area (Å²) in [6, 6.07) is 21.4. The van der Waals surface area contributed by atoms with Crippen molar-refractivity contribution in [2.45, 2.75) is 89.1 Å². The summed E-state index contributed by atoms with van der Waals surface area (Å²) in [5, 5.41) is 27.9. The number of pyridine rings is 1. The van der Waals surface area contributed by atoms with E-state index in [9.17, 15) is 19.5 Å². The quantitative estimate of drug-likeness (QED) is 0.0606. The topological polar surface area (TPSA) is 204 Å². The van der Waals surface area contributed by atoms with Crippen molar-refractivity contribution in [1.29, 1.82) is 0 Å². The summed E-state index contributed by atoms with van der Waals surface area (Å²) in [4.78, 5) is 52.7. The zero-order valence-electron chi connectivity index (χ0n) is 38.5. The van der Waals surface area contributed by atoms with Crippen molar-refractivity contribution >= 4 is 40.7 Å². The molecule has 0 spiro atoms. The van der Waals surface area contributed by atoms with E-state index in [1.54, 1.807) is 12.1 Å². The molecule has 4 fully saturated rings. The van der Waals surface area contributed by atoms with Crippen LogP contribution in [0.15, 0.2) is 72.9 Å². The Bertz CT molecular complexity index is 2300. The Balaban J connectivity index is 0.878. The number of piperazine rings is 2. The fraction of sp³-hybridized carbons (Fsp3) is 0.510. The summed E-state index contributed by atoms with van der Waals surface area (Å²) in [6.45, 7) is 9.43. The smallest absolute Gasteiger partial charge is 0.319 e. The second-order valence-electron chi connectivity index (χ2n) is 18.5. The first-order valence-electron chi connectivity index (χ1n) is 23.5. The number of carboxylic acid groups (broad SMARTS) is 1. The van der Waals surface area contributed by atoms with Crippen molar-refractivity contribution in [3.05, 3.63) is 78.5 Å². The standard InChI is InChI=1S/C49H65N11O6/c1-33-29-51-22-24-58(33)25-26-65-44-27-36(18-21-52-44)60-37-16-17-38(60)31-59(30-37)42-28-41(55-56-45(42)50)39-9-4-5-11-43(39)66-32-34-12-14-35(15-13-34)53-46(61)40(10-6-7-23-57(2)3)54-47(62)49(48(63)64)19-8-20-49/h4-5,9,11-15,18,21,27-28,33,37-38,40,51H,6-8,10,16-17,19-20,22-26,29-32H2,1-3H3,(H2,50,56)(H,53,61)(H,54,62)(H,63,64)/t33-,37?,38?,40+/m1/s1. The second kappa shape index (κ2) is 21.1. The Hall–Kier alpha value is -6.04. The lowest BCUT2D eigenvalue weighted by molar-refractivity contribution is -0.162. The van der Waals surface area contributed by atoms with Crippen LogP contribution in [-0.2, 0) is 21.0 Å². The van der Waals surface area contributed by atoms with Crippen LogP contribution in [0.2, 0.25) is 0 Å². The third-order valence-electron chi connectivity index (χ3n) is 13.7. The summed E-state index contributed by atoms with van der Waals surface area (Å²) >= 11 is 0. The molecule has 4 aromatic rings. The number of hydrogen-bond acceptors (Lipinski definition) is 14. The minimum absolute atomic E-state index is 0.255. The van der Waals surface area contributed by atoms with Gasteiger partial charge in [0, 0.05) is 86.6 Å². The molecule has 2 amide bonds. The number of amides is 2. The Labute approximate surface area is 387 Å². The van der Waals surface area contributed by atoms with Crippen LogP contribution in [0.5, 0.6) is 11.6 Å². The molecule has 1 saturated carbocycles. The number of carbonyl (C=O) groups is 3. The van der Waals surface area contributed by atoms with E-state index in [4.69, 9.17) is 15.2 Å². The maximum atomic E-state index is 13.5. The maximum Gasteiger partial charge on any atom is 0.319 e. The highest BCUT2D eigenvalue weighted by Gasteiger charge is 2.52. The molecule has 352 valence electrons. The number of nitrogen functional groups attached to an aromatic ring is 1. The molecule has 17 heteroatoms. The zero-order chi connectivity index (χ0) is 46.2. The number of hydrogen-bond donors (Lipinski definition) is 5. The third kappa shape index (κ3) is 10.8. The van der Waals surface area contributed by atoms with Crippen LogP contribution in [0.25, 0.3) is 11.3 Å². The van der Waals surface area contributed by atoms with Gasteiger partial charge >= 0.3 is 5.97 Å². The zero-order valence-corrected chi connectivity index (χ0v) is 38.5. The molecular formula is C49H65N11O6. The number of anilines is 4. The van der Waals surface area contributed by atoms with E-state index in [1.165, 1.54) is 0 Å². The van der Waals surface area contributed by atoms with Gasteiger partial charge in [0.25, 0.3) is 0 Å². The van der Waals surface area contributed by atoms with Gasteiger partial charge in [-0.25, -0.2) is 4.98 Å². The third-order valence-corrected chi connectivity index (χ3v) is 13.7. The Morgan fingerprint density at radius 1 is 1.00 bits per heavy atom. The van der Waals surface area contributed by atoms with Gasteiger partial charge in [0.2, 0.25) is 17.7 Å². The van der Waals surface area contributed by atoms with E-state index in [0.29, 0.717) is 60.7 Å². The van der Waals surface area contributed by atoms with Gasteiger partial charge in [0.05, 0.1) is 11.4 Å². The number of benzene rings is 2.